The second-order valence-corrected chi connectivity index (χ2v) is 30.3. The molecule has 0 aromatic carbocycles. The van der Waals surface area contributed by atoms with Crippen LogP contribution in [0.15, 0.2) is 31.6 Å². The maximum Gasteiger partial charge on any atom is 0.244 e. The molecule has 0 amide bonds. The smallest absolute Gasteiger partial charge is 0.244 e. The van der Waals surface area contributed by atoms with E-state index in [0.29, 0.717) is 5.41 Å². The van der Waals surface area contributed by atoms with Gasteiger partial charge in [0.25, 0.3) is 0 Å². The third kappa shape index (κ3) is 24.6. The number of fused-ring (bicyclic) bond motifs is 5. The third-order valence-corrected chi connectivity index (χ3v) is 20.1. The first kappa shape index (κ1) is 76.0. The summed E-state index contributed by atoms with van der Waals surface area (Å²) in [6, 6.07) is 0. The van der Waals surface area contributed by atoms with Crippen LogP contribution >= 0.6 is 0 Å². The molecule has 5 aliphatic carbocycles. The van der Waals surface area contributed by atoms with Gasteiger partial charge in [-0.25, -0.2) is 45.7 Å². The molecule has 0 saturated carbocycles. The van der Waals surface area contributed by atoms with Crippen molar-refractivity contribution in [1.82, 2.24) is 22.8 Å². The van der Waals surface area contributed by atoms with Crippen LogP contribution in [-0.4, -0.2) is 36.0 Å². The molecule has 10 rings (SSSR count). The summed E-state index contributed by atoms with van der Waals surface area (Å²) in [4.78, 5) is 0. The Hall–Kier alpha value is -3.99. The van der Waals surface area contributed by atoms with Gasteiger partial charge in [0.15, 0.2) is 0 Å². The first-order chi connectivity index (χ1) is 44.2. The second-order valence-electron chi connectivity index (χ2n) is 30.3. The second kappa shape index (κ2) is 41.8. The Morgan fingerprint density at radius 2 is 0.725 bits per heavy atom. The van der Waals surface area contributed by atoms with Gasteiger partial charge in [-0.3, -0.25) is 0 Å². The molecule has 5 aliphatic rings. The predicted molar refractivity (Wildman–Crippen MR) is 380 cm³/mol. The lowest BCUT2D eigenvalue weighted by atomic mass is 9.95. The Morgan fingerprint density at radius 3 is 1.12 bits per heavy atom. The number of unbranched alkanes of at least 4 members (excludes halogenated alkanes) is 12. The Bertz CT molecular complexity index is 2670. The lowest BCUT2D eigenvalue weighted by molar-refractivity contribution is -0.714. The summed E-state index contributed by atoms with van der Waals surface area (Å²) in [5.74, 6) is 1.47. The van der Waals surface area contributed by atoms with E-state index in [1.807, 2.05) is 0 Å². The number of nitrogens with zero attached hydrogens (tertiary/aromatic N) is 10. The minimum atomic E-state index is 0.365. The Kier molecular flexibility index (Phi) is 34.9. The van der Waals surface area contributed by atoms with Gasteiger partial charge < -0.3 is 4.74 Å². The number of rotatable bonds is 31. The molecule has 0 unspecified atom stereocenters. The molecule has 0 atom stereocenters. The van der Waals surface area contributed by atoms with Crippen molar-refractivity contribution in [2.45, 2.75) is 394 Å². The fraction of sp³-hybridized carbons (Fsp3) is 0.812. The standard InChI is InChI=1S/C19H35N2.C18H33N2.C17H31N2O.C15H27N2.C11H19N2/c1-3-5-7-11-15-20-17-21(16-12-8-6-4-2)19-14-10-9-13-18(19)20;1-5-6-7-10-13-19-15-20(14-18(2,3)4)17-12-9-8-11-16(17)19;1-3-5-6-9-12-18-15-19(13-14-20-4-2)17-11-8-7-10-16(17)18;1-12(2)9-16-11-17(10-13(3)4)15-8-6-5-7-14(15)16;1-3-12-9-13(4-2)11-8-6-5-7-10(11)12/h17H,3-16H2,1-2H3;15H,5-14H2,1-4H3;15H,3-14H2,1-2H3;11-13H,5-10H2,1-4H3;9H,3-8H2,1-2H3/q5*+1. The van der Waals surface area contributed by atoms with Crippen LogP contribution in [-0.2, 0) is 134 Å². The molecule has 516 valence electrons. The number of hydrogen-bond acceptors (Lipinski definition) is 1. The van der Waals surface area contributed by atoms with Gasteiger partial charge in [-0.2, -0.15) is 0 Å². The van der Waals surface area contributed by atoms with E-state index in [0.717, 1.165) is 51.2 Å². The summed E-state index contributed by atoms with van der Waals surface area (Å²) in [5.41, 5.74) is 16.5. The van der Waals surface area contributed by atoms with Crippen LogP contribution in [0.5, 0.6) is 0 Å². The molecule has 5 aromatic rings. The zero-order valence-corrected chi connectivity index (χ0v) is 62.4. The number of hydrogen-bond donors (Lipinski definition) is 0. The van der Waals surface area contributed by atoms with Gasteiger partial charge in [0, 0.05) is 70.8 Å². The first-order valence-corrected chi connectivity index (χ1v) is 39.3. The summed E-state index contributed by atoms with van der Waals surface area (Å²) in [5, 5.41) is 0. The lowest BCUT2D eigenvalue weighted by Gasteiger charge is -2.17. The molecule has 0 saturated heterocycles. The van der Waals surface area contributed by atoms with Crippen LogP contribution in [0.4, 0.5) is 0 Å². The highest BCUT2D eigenvalue weighted by Crippen LogP contribution is 2.25. The van der Waals surface area contributed by atoms with Crippen LogP contribution in [0.25, 0.3) is 0 Å². The van der Waals surface area contributed by atoms with Crippen molar-refractivity contribution in [3.63, 3.8) is 0 Å². The predicted octanol–water partition coefficient (Wildman–Crippen LogP) is 17.0. The van der Waals surface area contributed by atoms with Gasteiger partial charge in [-0.05, 0) is 154 Å². The molecule has 0 N–H and O–H groups in total. The fourth-order valence-corrected chi connectivity index (χ4v) is 15.4. The van der Waals surface area contributed by atoms with E-state index in [1.54, 1.807) is 56.9 Å². The molecule has 11 nitrogen and oxygen atoms in total. The van der Waals surface area contributed by atoms with Crippen molar-refractivity contribution < 1.29 is 27.6 Å². The van der Waals surface area contributed by atoms with Crippen molar-refractivity contribution in [2.24, 2.45) is 17.3 Å². The third-order valence-electron chi connectivity index (χ3n) is 20.1. The van der Waals surface area contributed by atoms with Crippen molar-refractivity contribution in [3.05, 3.63) is 88.6 Å². The molecular formula is C80H145N10O+5. The summed E-state index contributed by atoms with van der Waals surface area (Å²) >= 11 is 0. The summed E-state index contributed by atoms with van der Waals surface area (Å²) < 4.78 is 30.6. The van der Waals surface area contributed by atoms with E-state index in [9.17, 15) is 0 Å². The topological polar surface area (TPSA) is 53.3 Å². The monoisotopic (exact) mass is 1260 g/mol. The van der Waals surface area contributed by atoms with Gasteiger partial charge in [-0.15, -0.1) is 0 Å². The summed E-state index contributed by atoms with van der Waals surface area (Å²) in [6.07, 6.45) is 60.2. The molecule has 91 heavy (non-hydrogen) atoms. The normalized spacial score (nSPS) is 15.1. The van der Waals surface area contributed by atoms with Crippen LogP contribution in [0.1, 0.15) is 321 Å². The van der Waals surface area contributed by atoms with Gasteiger partial charge in [-0.1, -0.05) is 128 Å². The zero-order valence-electron chi connectivity index (χ0n) is 62.4. The van der Waals surface area contributed by atoms with Gasteiger partial charge in [0.2, 0.25) is 31.6 Å². The van der Waals surface area contributed by atoms with Gasteiger partial charge >= 0.3 is 0 Å². The molecule has 0 aliphatic heterocycles. The molecule has 11 heteroatoms. The molecule has 0 fully saturated rings. The number of aromatic nitrogens is 10. The zero-order chi connectivity index (χ0) is 65.4. The van der Waals surface area contributed by atoms with Crippen molar-refractivity contribution in [3.8, 4) is 0 Å². The summed E-state index contributed by atoms with van der Waals surface area (Å²) in [6.45, 7) is 45.2. The van der Waals surface area contributed by atoms with E-state index in [-0.39, 0.29) is 0 Å². The van der Waals surface area contributed by atoms with E-state index in [1.165, 1.54) is 270 Å². The molecular weight excluding hydrogens is 1120 g/mol. The van der Waals surface area contributed by atoms with Crippen molar-refractivity contribution >= 4 is 0 Å². The van der Waals surface area contributed by atoms with Gasteiger partial charge in [0.1, 0.15) is 63.5 Å². The van der Waals surface area contributed by atoms with Crippen molar-refractivity contribution in [2.75, 3.05) is 13.2 Å². The van der Waals surface area contributed by atoms with E-state index < -0.39 is 0 Å². The molecule has 0 radical (unpaired) electrons. The Labute approximate surface area is 560 Å². The molecule has 0 bridgehead atoms. The Morgan fingerprint density at radius 1 is 0.374 bits per heavy atom. The largest absolute Gasteiger partial charge is 0.378 e. The summed E-state index contributed by atoms with van der Waals surface area (Å²) in [7, 11) is 0. The minimum Gasteiger partial charge on any atom is -0.378 e. The van der Waals surface area contributed by atoms with Crippen LogP contribution < -0.4 is 22.8 Å². The highest BCUT2D eigenvalue weighted by atomic mass is 16.5. The number of imidazole rings is 5. The van der Waals surface area contributed by atoms with Crippen molar-refractivity contribution in [1.29, 1.82) is 0 Å². The van der Waals surface area contributed by atoms with Gasteiger partial charge in [0.05, 0.1) is 65.5 Å². The van der Waals surface area contributed by atoms with E-state index >= 15 is 0 Å². The fourth-order valence-electron chi connectivity index (χ4n) is 15.4. The molecule has 0 spiro atoms. The molecule has 5 heterocycles. The number of ether oxygens (including phenoxy) is 1. The minimum absolute atomic E-state index is 0.365. The quantitative estimate of drug-likeness (QED) is 0.0322. The average Bonchev–Trinajstić information content (AvgIpc) is 1.77. The first-order valence-electron chi connectivity index (χ1n) is 39.3. The van der Waals surface area contributed by atoms with E-state index in [4.69, 9.17) is 4.74 Å². The van der Waals surface area contributed by atoms with E-state index in [2.05, 4.69) is 174 Å². The number of aryl methyl sites for hydroxylation is 6. The Balaban J connectivity index is 0.000000182. The maximum absolute atomic E-state index is 5.52. The lowest BCUT2D eigenvalue weighted by Crippen LogP contribution is -2.42. The molecule has 5 aromatic heterocycles. The average molecular weight is 1260 g/mol. The maximum atomic E-state index is 5.52. The van der Waals surface area contributed by atoms with Crippen LogP contribution in [0.3, 0.4) is 0 Å². The SMILES string of the molecule is CC(C)Cn1c[n+](CC(C)C)c2c1CCCC2.CCCCCC[n+]1cn(CCOCC)c2c1CCCC2.CCCCCCn1c[n+](CC(C)(C)C)c2c1CCCC2.CCCCCCn1c[n+](CCCCCC)c2c1CCCC2.CCn1c[n+](CC)c2c1CCCC2. The highest BCUT2D eigenvalue weighted by Gasteiger charge is 2.31. The highest BCUT2D eigenvalue weighted by molar-refractivity contribution is 5.15. The van der Waals surface area contributed by atoms with Crippen LogP contribution in [0.2, 0.25) is 0 Å². The van der Waals surface area contributed by atoms with Crippen LogP contribution in [0, 0.1) is 17.3 Å².